The highest BCUT2D eigenvalue weighted by molar-refractivity contribution is 8.02. The molecule has 9 heavy (non-hydrogen) atoms. The Hall–Kier alpha value is -0.770. The van der Waals surface area contributed by atoms with Gasteiger partial charge in [0.05, 0.1) is 5.88 Å². The number of hydrogen-bond acceptors (Lipinski definition) is 3. The number of carboxylic acids is 1. The first-order valence-electron chi connectivity index (χ1n) is 2.36. The Morgan fingerprint density at radius 1 is 1.89 bits per heavy atom. The van der Waals surface area contributed by atoms with Crippen molar-refractivity contribution < 1.29 is 9.90 Å². The summed E-state index contributed by atoms with van der Waals surface area (Å²) >= 11 is 1.48. The molecule has 0 spiro atoms. The number of thioether (sulfide) groups is 1. The molecule has 0 saturated carbocycles. The second-order valence-electron chi connectivity index (χ2n) is 1.45. The highest BCUT2D eigenvalue weighted by Crippen LogP contribution is 2.07. The lowest BCUT2D eigenvalue weighted by molar-refractivity contribution is -0.129. The minimum absolute atomic E-state index is 0.147. The van der Waals surface area contributed by atoms with Gasteiger partial charge in [0.2, 0.25) is 0 Å². The molecule has 0 aromatic rings. The van der Waals surface area contributed by atoms with E-state index in [9.17, 15) is 4.79 Å². The number of aliphatic imine (C=N–C) groups is 1. The van der Waals surface area contributed by atoms with Crippen LogP contribution in [0, 0.1) is 0 Å². The van der Waals surface area contributed by atoms with Gasteiger partial charge in [-0.25, -0.2) is 4.79 Å². The summed E-state index contributed by atoms with van der Waals surface area (Å²) in [5.74, 6) is -0.426. The lowest BCUT2D eigenvalue weighted by Crippen LogP contribution is -2.11. The molecule has 0 saturated heterocycles. The summed E-state index contributed by atoms with van der Waals surface area (Å²) in [5.41, 5.74) is 0.147. The van der Waals surface area contributed by atoms with Crippen LogP contribution >= 0.6 is 11.8 Å². The van der Waals surface area contributed by atoms with Crippen molar-refractivity contribution in [1.82, 2.24) is 0 Å². The SMILES string of the molecule is O=C(O)C1=NCSC=C1. The number of carbonyl (C=O) groups is 1. The van der Waals surface area contributed by atoms with Crippen LogP contribution in [0.15, 0.2) is 16.5 Å². The van der Waals surface area contributed by atoms with Crippen molar-refractivity contribution >= 4 is 23.4 Å². The van der Waals surface area contributed by atoms with Gasteiger partial charge >= 0.3 is 5.97 Å². The van der Waals surface area contributed by atoms with Crippen LogP contribution in [0.4, 0.5) is 0 Å². The van der Waals surface area contributed by atoms with Crippen molar-refractivity contribution in [2.24, 2.45) is 4.99 Å². The third-order valence-electron chi connectivity index (χ3n) is 0.851. The standard InChI is InChI=1S/C5H5NO2S/c7-5(8)4-1-2-9-3-6-4/h1-2H,3H2,(H,7,8). The fourth-order valence-electron chi connectivity index (χ4n) is 0.454. The fourth-order valence-corrected chi connectivity index (χ4v) is 0.979. The predicted molar refractivity (Wildman–Crippen MR) is 36.7 cm³/mol. The molecular weight excluding hydrogens is 138 g/mol. The molecule has 0 aliphatic carbocycles. The van der Waals surface area contributed by atoms with Crippen molar-refractivity contribution in [3.63, 3.8) is 0 Å². The minimum Gasteiger partial charge on any atom is -0.477 e. The Morgan fingerprint density at radius 3 is 3.00 bits per heavy atom. The Balaban J connectivity index is 2.69. The van der Waals surface area contributed by atoms with Gasteiger partial charge in [-0.15, -0.1) is 11.8 Å². The lowest BCUT2D eigenvalue weighted by atomic mass is 10.4. The first-order valence-corrected chi connectivity index (χ1v) is 3.41. The second kappa shape index (κ2) is 2.68. The minimum atomic E-state index is -0.952. The molecule has 0 amide bonds. The summed E-state index contributed by atoms with van der Waals surface area (Å²) in [6, 6.07) is 0. The smallest absolute Gasteiger partial charge is 0.354 e. The molecule has 1 N–H and O–H groups in total. The van der Waals surface area contributed by atoms with Gasteiger partial charge in [-0.2, -0.15) is 0 Å². The molecule has 1 aliphatic rings. The molecule has 1 heterocycles. The Bertz CT molecular complexity index is 185. The summed E-state index contributed by atoms with van der Waals surface area (Å²) in [7, 11) is 0. The van der Waals surface area contributed by atoms with Gasteiger partial charge in [0.15, 0.2) is 0 Å². The van der Waals surface area contributed by atoms with Crippen molar-refractivity contribution in [2.45, 2.75) is 0 Å². The van der Waals surface area contributed by atoms with Crippen molar-refractivity contribution in [1.29, 1.82) is 0 Å². The number of hydrogen-bond donors (Lipinski definition) is 1. The van der Waals surface area contributed by atoms with Gasteiger partial charge in [0.25, 0.3) is 0 Å². The van der Waals surface area contributed by atoms with Crippen LogP contribution in [-0.2, 0) is 4.79 Å². The highest BCUT2D eigenvalue weighted by Gasteiger charge is 2.05. The first kappa shape index (κ1) is 6.35. The van der Waals surface area contributed by atoms with E-state index >= 15 is 0 Å². The van der Waals surface area contributed by atoms with Crippen LogP contribution in [0.2, 0.25) is 0 Å². The van der Waals surface area contributed by atoms with E-state index in [1.54, 1.807) is 5.41 Å². The largest absolute Gasteiger partial charge is 0.477 e. The maximum atomic E-state index is 10.2. The molecule has 0 atom stereocenters. The van der Waals surface area contributed by atoms with Crippen LogP contribution < -0.4 is 0 Å². The Morgan fingerprint density at radius 2 is 2.67 bits per heavy atom. The van der Waals surface area contributed by atoms with E-state index in [0.717, 1.165) is 0 Å². The van der Waals surface area contributed by atoms with E-state index in [4.69, 9.17) is 5.11 Å². The maximum Gasteiger partial charge on any atom is 0.354 e. The molecule has 1 rings (SSSR count). The fraction of sp³-hybridized carbons (Fsp3) is 0.200. The summed E-state index contributed by atoms with van der Waals surface area (Å²) in [6.45, 7) is 0. The van der Waals surface area contributed by atoms with Gasteiger partial charge in [-0.3, -0.25) is 4.99 Å². The Labute approximate surface area is 56.5 Å². The van der Waals surface area contributed by atoms with Crippen molar-refractivity contribution in [3.05, 3.63) is 11.5 Å². The molecule has 0 unspecified atom stereocenters. The molecule has 3 nitrogen and oxygen atoms in total. The quantitative estimate of drug-likeness (QED) is 0.588. The van der Waals surface area contributed by atoms with Gasteiger partial charge in [0.1, 0.15) is 5.71 Å². The Kier molecular flexibility index (Phi) is 1.89. The second-order valence-corrected chi connectivity index (χ2v) is 2.31. The summed E-state index contributed by atoms with van der Waals surface area (Å²) in [6.07, 6.45) is 1.50. The van der Waals surface area contributed by atoms with E-state index in [0.29, 0.717) is 5.88 Å². The van der Waals surface area contributed by atoms with Crippen LogP contribution in [-0.4, -0.2) is 22.7 Å². The van der Waals surface area contributed by atoms with E-state index in [-0.39, 0.29) is 5.71 Å². The summed E-state index contributed by atoms with van der Waals surface area (Å²) < 4.78 is 0. The molecule has 1 aliphatic heterocycles. The molecule has 0 aromatic carbocycles. The number of nitrogens with zero attached hydrogens (tertiary/aromatic N) is 1. The molecular formula is C5H5NO2S. The highest BCUT2D eigenvalue weighted by atomic mass is 32.2. The van der Waals surface area contributed by atoms with Gasteiger partial charge in [0, 0.05) is 0 Å². The summed E-state index contributed by atoms with van der Waals surface area (Å²) in [5, 5.41) is 10.1. The van der Waals surface area contributed by atoms with Crippen LogP contribution in [0.25, 0.3) is 0 Å². The zero-order valence-electron chi connectivity index (χ0n) is 4.57. The van der Waals surface area contributed by atoms with E-state index in [2.05, 4.69) is 4.99 Å². The maximum absolute atomic E-state index is 10.2. The zero-order valence-corrected chi connectivity index (χ0v) is 5.39. The van der Waals surface area contributed by atoms with E-state index in [1.807, 2.05) is 0 Å². The molecule has 0 bridgehead atoms. The molecule has 0 aromatic heterocycles. The third kappa shape index (κ3) is 1.57. The first-order chi connectivity index (χ1) is 4.30. The van der Waals surface area contributed by atoms with Crippen LogP contribution in [0.1, 0.15) is 0 Å². The molecule has 0 fully saturated rings. The van der Waals surface area contributed by atoms with Gasteiger partial charge in [-0.05, 0) is 11.5 Å². The van der Waals surface area contributed by atoms with Crippen LogP contribution in [0.3, 0.4) is 0 Å². The number of aliphatic carboxylic acids is 1. The van der Waals surface area contributed by atoms with Crippen LogP contribution in [0.5, 0.6) is 0 Å². The molecule has 0 radical (unpaired) electrons. The lowest BCUT2D eigenvalue weighted by Gasteiger charge is -1.98. The number of carboxylic acid groups (broad SMARTS) is 1. The van der Waals surface area contributed by atoms with E-state index < -0.39 is 5.97 Å². The normalized spacial score (nSPS) is 17.1. The molecule has 4 heteroatoms. The predicted octanol–water partition coefficient (Wildman–Crippen LogP) is 0.730. The van der Waals surface area contributed by atoms with Crippen molar-refractivity contribution in [3.8, 4) is 0 Å². The molecule has 48 valence electrons. The summed E-state index contributed by atoms with van der Waals surface area (Å²) in [4.78, 5) is 13.9. The average Bonchev–Trinajstić information content (AvgIpc) is 1.90. The third-order valence-corrected chi connectivity index (χ3v) is 1.46. The zero-order chi connectivity index (χ0) is 6.69. The topological polar surface area (TPSA) is 49.7 Å². The monoisotopic (exact) mass is 143 g/mol. The van der Waals surface area contributed by atoms with Crippen molar-refractivity contribution in [2.75, 3.05) is 5.88 Å². The average molecular weight is 143 g/mol. The van der Waals surface area contributed by atoms with Gasteiger partial charge in [-0.1, -0.05) is 0 Å². The number of rotatable bonds is 1. The van der Waals surface area contributed by atoms with E-state index in [1.165, 1.54) is 17.8 Å². The van der Waals surface area contributed by atoms with Gasteiger partial charge < -0.3 is 5.11 Å².